The Balaban J connectivity index is 1.89. The van der Waals surface area contributed by atoms with Gasteiger partial charge < -0.3 is 5.32 Å². The van der Waals surface area contributed by atoms with Gasteiger partial charge in [-0.3, -0.25) is 19.6 Å². The molecule has 8 heteroatoms. The minimum absolute atomic E-state index is 0.0111. The number of aromatic nitrogens is 2. The molecule has 7 nitrogen and oxygen atoms in total. The number of hydrogen-bond donors (Lipinski definition) is 1. The molecule has 0 fully saturated rings. The molecule has 0 radical (unpaired) electrons. The molecule has 1 aromatic carbocycles. The van der Waals surface area contributed by atoms with Crippen molar-refractivity contribution in [3.63, 3.8) is 0 Å². The van der Waals surface area contributed by atoms with Crippen LogP contribution in [0.1, 0.15) is 9.67 Å². The SMILES string of the molecule is Cn1ccc(NC(=O)c2cc3cc([N+](=O)[O-])ccc3s2)n1. The summed E-state index contributed by atoms with van der Waals surface area (Å²) in [6.45, 7) is 0. The van der Waals surface area contributed by atoms with Crippen molar-refractivity contribution < 1.29 is 9.72 Å². The van der Waals surface area contributed by atoms with Gasteiger partial charge in [0.25, 0.3) is 11.6 Å². The Kier molecular flexibility index (Phi) is 3.15. The third-order valence-electron chi connectivity index (χ3n) is 2.89. The number of thiophene rings is 1. The quantitative estimate of drug-likeness (QED) is 0.595. The van der Waals surface area contributed by atoms with E-state index < -0.39 is 4.92 Å². The second kappa shape index (κ2) is 4.98. The molecule has 3 rings (SSSR count). The molecule has 0 aliphatic heterocycles. The number of nitro groups is 1. The van der Waals surface area contributed by atoms with Crippen LogP contribution >= 0.6 is 11.3 Å². The molecule has 0 unspecified atom stereocenters. The predicted molar refractivity (Wildman–Crippen MR) is 79.6 cm³/mol. The van der Waals surface area contributed by atoms with Crippen LogP contribution in [0.3, 0.4) is 0 Å². The zero-order chi connectivity index (χ0) is 15.0. The lowest BCUT2D eigenvalue weighted by atomic mass is 10.2. The van der Waals surface area contributed by atoms with Gasteiger partial charge in [0, 0.05) is 41.5 Å². The smallest absolute Gasteiger partial charge is 0.270 e. The Morgan fingerprint density at radius 3 is 2.86 bits per heavy atom. The van der Waals surface area contributed by atoms with E-state index in [-0.39, 0.29) is 11.6 Å². The van der Waals surface area contributed by atoms with Crippen molar-refractivity contribution in [1.29, 1.82) is 0 Å². The number of nitrogens with zero attached hydrogens (tertiary/aromatic N) is 3. The number of amides is 1. The second-order valence-corrected chi connectivity index (χ2v) is 5.50. The molecule has 0 saturated heterocycles. The third kappa shape index (κ3) is 2.61. The average molecular weight is 302 g/mol. The van der Waals surface area contributed by atoms with E-state index in [0.29, 0.717) is 16.1 Å². The number of non-ortho nitro benzene ring substituents is 1. The van der Waals surface area contributed by atoms with Crippen LogP contribution in [-0.4, -0.2) is 20.6 Å². The normalized spacial score (nSPS) is 10.7. The van der Waals surface area contributed by atoms with Gasteiger partial charge in [0.1, 0.15) is 0 Å². The van der Waals surface area contributed by atoms with Crippen LogP contribution in [0.25, 0.3) is 10.1 Å². The second-order valence-electron chi connectivity index (χ2n) is 4.42. The molecule has 0 aliphatic rings. The fourth-order valence-corrected chi connectivity index (χ4v) is 2.85. The number of rotatable bonds is 3. The largest absolute Gasteiger partial charge is 0.304 e. The summed E-state index contributed by atoms with van der Waals surface area (Å²) in [5.74, 6) is 0.184. The van der Waals surface area contributed by atoms with Crippen molar-refractivity contribution in [2.24, 2.45) is 7.05 Å². The van der Waals surface area contributed by atoms with Crippen LogP contribution < -0.4 is 5.32 Å². The third-order valence-corrected chi connectivity index (χ3v) is 4.00. The van der Waals surface area contributed by atoms with Gasteiger partial charge in [-0.05, 0) is 12.1 Å². The number of benzene rings is 1. The molecule has 21 heavy (non-hydrogen) atoms. The minimum Gasteiger partial charge on any atom is -0.304 e. The summed E-state index contributed by atoms with van der Waals surface area (Å²) in [5, 5.41) is 18.2. The predicted octanol–water partition coefficient (Wildman–Crippen LogP) is 2.80. The molecular weight excluding hydrogens is 292 g/mol. The summed E-state index contributed by atoms with van der Waals surface area (Å²) < 4.78 is 2.41. The van der Waals surface area contributed by atoms with Crippen molar-refractivity contribution in [3.8, 4) is 0 Å². The monoisotopic (exact) mass is 302 g/mol. The fourth-order valence-electron chi connectivity index (χ4n) is 1.92. The van der Waals surface area contributed by atoms with Crippen LogP contribution in [0.4, 0.5) is 11.5 Å². The molecule has 3 aromatic rings. The summed E-state index contributed by atoms with van der Waals surface area (Å²) in [4.78, 5) is 22.9. The van der Waals surface area contributed by atoms with E-state index in [1.807, 2.05) is 0 Å². The van der Waals surface area contributed by atoms with E-state index >= 15 is 0 Å². The standard InChI is InChI=1S/C13H10N4O3S/c1-16-5-4-12(15-16)14-13(18)11-7-8-6-9(17(19)20)2-3-10(8)21-11/h2-7H,1H3,(H,14,15,18). The van der Waals surface area contributed by atoms with E-state index in [2.05, 4.69) is 10.4 Å². The number of aryl methyl sites for hydroxylation is 1. The van der Waals surface area contributed by atoms with Gasteiger partial charge in [0.05, 0.1) is 9.80 Å². The number of carbonyl (C=O) groups is 1. The van der Waals surface area contributed by atoms with Crippen LogP contribution in [0.5, 0.6) is 0 Å². The van der Waals surface area contributed by atoms with Gasteiger partial charge in [0.2, 0.25) is 0 Å². The molecule has 2 heterocycles. The first kappa shape index (κ1) is 13.3. The molecule has 0 spiro atoms. The number of hydrogen-bond acceptors (Lipinski definition) is 5. The van der Waals surface area contributed by atoms with Crippen LogP contribution in [0.15, 0.2) is 36.5 Å². The highest BCUT2D eigenvalue weighted by atomic mass is 32.1. The highest BCUT2D eigenvalue weighted by Gasteiger charge is 2.14. The Labute approximate surface area is 123 Å². The van der Waals surface area contributed by atoms with Crippen LogP contribution in [-0.2, 0) is 7.05 Å². The maximum Gasteiger partial charge on any atom is 0.270 e. The molecule has 106 valence electrons. The summed E-state index contributed by atoms with van der Waals surface area (Å²) in [6.07, 6.45) is 1.73. The van der Waals surface area contributed by atoms with Crippen molar-refractivity contribution in [2.75, 3.05) is 5.32 Å². The molecule has 0 atom stereocenters. The number of carbonyl (C=O) groups excluding carboxylic acids is 1. The Morgan fingerprint density at radius 2 is 2.19 bits per heavy atom. The Bertz CT molecular complexity index is 852. The Morgan fingerprint density at radius 1 is 1.38 bits per heavy atom. The van der Waals surface area contributed by atoms with E-state index in [1.165, 1.54) is 23.5 Å². The van der Waals surface area contributed by atoms with E-state index in [4.69, 9.17) is 0 Å². The van der Waals surface area contributed by atoms with Gasteiger partial charge in [0.15, 0.2) is 5.82 Å². The highest BCUT2D eigenvalue weighted by Crippen LogP contribution is 2.29. The van der Waals surface area contributed by atoms with Gasteiger partial charge in [-0.25, -0.2) is 0 Å². The van der Waals surface area contributed by atoms with Crippen molar-refractivity contribution in [1.82, 2.24) is 9.78 Å². The van der Waals surface area contributed by atoms with Gasteiger partial charge in [-0.1, -0.05) is 0 Å². The lowest BCUT2D eigenvalue weighted by Crippen LogP contribution is -2.10. The van der Waals surface area contributed by atoms with Crippen molar-refractivity contribution >= 4 is 38.8 Å². The summed E-state index contributed by atoms with van der Waals surface area (Å²) in [6, 6.07) is 7.87. The zero-order valence-electron chi connectivity index (χ0n) is 10.9. The summed E-state index contributed by atoms with van der Waals surface area (Å²) >= 11 is 1.28. The molecule has 1 amide bonds. The van der Waals surface area contributed by atoms with Crippen LogP contribution in [0, 0.1) is 10.1 Å². The minimum atomic E-state index is -0.454. The summed E-state index contributed by atoms with van der Waals surface area (Å²) in [7, 11) is 1.76. The van der Waals surface area contributed by atoms with Crippen LogP contribution in [0.2, 0.25) is 0 Å². The summed E-state index contributed by atoms with van der Waals surface area (Å²) in [5.41, 5.74) is 0.0111. The van der Waals surface area contributed by atoms with E-state index in [1.54, 1.807) is 36.1 Å². The fraction of sp³-hybridized carbons (Fsp3) is 0.0769. The lowest BCUT2D eigenvalue weighted by Gasteiger charge is -1.97. The van der Waals surface area contributed by atoms with Gasteiger partial charge >= 0.3 is 0 Å². The Hall–Kier alpha value is -2.74. The number of fused-ring (bicyclic) bond motifs is 1. The van der Waals surface area contributed by atoms with Gasteiger partial charge in [-0.15, -0.1) is 11.3 Å². The first-order valence-electron chi connectivity index (χ1n) is 6.02. The zero-order valence-corrected chi connectivity index (χ0v) is 11.8. The van der Waals surface area contributed by atoms with Crippen molar-refractivity contribution in [3.05, 3.63) is 51.5 Å². The van der Waals surface area contributed by atoms with Crippen molar-refractivity contribution in [2.45, 2.75) is 0 Å². The topological polar surface area (TPSA) is 90.1 Å². The molecule has 0 aliphatic carbocycles. The van der Waals surface area contributed by atoms with Gasteiger partial charge in [-0.2, -0.15) is 5.10 Å². The molecule has 1 N–H and O–H groups in total. The molecular formula is C13H10N4O3S. The average Bonchev–Trinajstić information content (AvgIpc) is 3.03. The highest BCUT2D eigenvalue weighted by molar-refractivity contribution is 7.20. The maximum atomic E-state index is 12.1. The number of nitro benzene ring substituents is 1. The molecule has 0 saturated carbocycles. The van der Waals surface area contributed by atoms with E-state index in [9.17, 15) is 14.9 Å². The lowest BCUT2D eigenvalue weighted by molar-refractivity contribution is -0.384. The molecule has 0 bridgehead atoms. The molecule has 2 aromatic heterocycles. The van der Waals surface area contributed by atoms with E-state index in [0.717, 1.165) is 4.70 Å². The first-order chi connectivity index (χ1) is 10.0. The number of anilines is 1. The maximum absolute atomic E-state index is 12.1. The first-order valence-corrected chi connectivity index (χ1v) is 6.83. The number of nitrogens with one attached hydrogen (secondary N) is 1.